The predicted octanol–water partition coefficient (Wildman–Crippen LogP) is 3.20. The summed E-state index contributed by atoms with van der Waals surface area (Å²) in [6.07, 6.45) is -5.12. The van der Waals surface area contributed by atoms with Crippen LogP contribution in [-0.2, 0) is 0 Å². The molecular weight excluding hydrogens is 249 g/mol. The highest BCUT2D eigenvalue weighted by Gasteiger charge is 2.26. The van der Waals surface area contributed by atoms with Crippen LogP contribution in [0.4, 0.5) is 18.9 Å². The number of nitrogens with one attached hydrogen (secondary N) is 1. The van der Waals surface area contributed by atoms with E-state index >= 15 is 0 Å². The molecular formula is C11H13F3N2O2. The molecule has 0 aliphatic rings. The highest BCUT2D eigenvalue weighted by Crippen LogP contribution is 2.21. The Hall–Kier alpha value is -1.63. The van der Waals surface area contributed by atoms with E-state index in [2.05, 4.69) is 5.32 Å². The molecule has 7 heteroatoms. The fraction of sp³-hybridized carbons (Fsp3) is 0.455. The van der Waals surface area contributed by atoms with Crippen LogP contribution in [0.3, 0.4) is 0 Å². The molecule has 0 bridgehead atoms. The summed E-state index contributed by atoms with van der Waals surface area (Å²) in [7, 11) is 0. The lowest BCUT2D eigenvalue weighted by molar-refractivity contribution is -0.384. The van der Waals surface area contributed by atoms with Gasteiger partial charge >= 0.3 is 6.18 Å². The van der Waals surface area contributed by atoms with Crippen molar-refractivity contribution in [2.45, 2.75) is 25.6 Å². The minimum Gasteiger partial charge on any atom is -0.310 e. The van der Waals surface area contributed by atoms with Gasteiger partial charge in [-0.3, -0.25) is 10.1 Å². The SMILES string of the molecule is CC(NCCC(F)(F)F)c1cccc([N+](=O)[O-])c1. The monoisotopic (exact) mass is 262 g/mol. The van der Waals surface area contributed by atoms with Gasteiger partial charge in [-0.05, 0) is 12.5 Å². The number of hydrogen-bond donors (Lipinski definition) is 1. The number of nitro groups is 1. The minimum atomic E-state index is -4.20. The van der Waals surface area contributed by atoms with E-state index in [0.29, 0.717) is 5.56 Å². The van der Waals surface area contributed by atoms with Crippen molar-refractivity contribution in [1.29, 1.82) is 0 Å². The fourth-order valence-electron chi connectivity index (χ4n) is 1.46. The number of nitrogens with zero attached hydrogens (tertiary/aromatic N) is 1. The zero-order chi connectivity index (χ0) is 13.8. The topological polar surface area (TPSA) is 55.2 Å². The second-order valence-electron chi connectivity index (χ2n) is 3.89. The third-order valence-electron chi connectivity index (χ3n) is 2.44. The van der Waals surface area contributed by atoms with E-state index in [1.165, 1.54) is 18.2 Å². The molecule has 0 aromatic heterocycles. The lowest BCUT2D eigenvalue weighted by Gasteiger charge is -2.14. The molecule has 0 saturated carbocycles. The van der Waals surface area contributed by atoms with Gasteiger partial charge in [-0.2, -0.15) is 13.2 Å². The molecule has 1 rings (SSSR count). The van der Waals surface area contributed by atoms with Crippen molar-refractivity contribution >= 4 is 5.69 Å². The molecule has 4 nitrogen and oxygen atoms in total. The summed E-state index contributed by atoms with van der Waals surface area (Å²) in [5.41, 5.74) is 0.517. The van der Waals surface area contributed by atoms with Crippen LogP contribution in [0.5, 0.6) is 0 Å². The summed E-state index contributed by atoms with van der Waals surface area (Å²) in [6.45, 7) is 1.45. The Balaban J connectivity index is 2.59. The highest BCUT2D eigenvalue weighted by molar-refractivity contribution is 5.35. The first-order valence-electron chi connectivity index (χ1n) is 5.34. The van der Waals surface area contributed by atoms with Crippen molar-refractivity contribution in [3.63, 3.8) is 0 Å². The average molecular weight is 262 g/mol. The predicted molar refractivity (Wildman–Crippen MR) is 60.2 cm³/mol. The molecule has 0 radical (unpaired) electrons. The summed E-state index contributed by atoms with van der Waals surface area (Å²) >= 11 is 0. The van der Waals surface area contributed by atoms with Gasteiger partial charge in [0.05, 0.1) is 11.3 Å². The van der Waals surface area contributed by atoms with E-state index < -0.39 is 17.5 Å². The number of rotatable bonds is 5. The van der Waals surface area contributed by atoms with Crippen molar-refractivity contribution in [1.82, 2.24) is 5.32 Å². The maximum Gasteiger partial charge on any atom is 0.390 e. The number of non-ortho nitro benzene ring substituents is 1. The van der Waals surface area contributed by atoms with Gasteiger partial charge < -0.3 is 5.32 Å². The van der Waals surface area contributed by atoms with Crippen LogP contribution in [0, 0.1) is 10.1 Å². The zero-order valence-electron chi connectivity index (χ0n) is 9.70. The van der Waals surface area contributed by atoms with Crippen molar-refractivity contribution in [2.24, 2.45) is 0 Å². The van der Waals surface area contributed by atoms with Crippen molar-refractivity contribution < 1.29 is 18.1 Å². The first kappa shape index (κ1) is 14.4. The van der Waals surface area contributed by atoms with Gasteiger partial charge in [-0.25, -0.2) is 0 Å². The quantitative estimate of drug-likeness (QED) is 0.654. The molecule has 1 unspecified atom stereocenters. The van der Waals surface area contributed by atoms with Gasteiger partial charge in [-0.15, -0.1) is 0 Å². The number of hydrogen-bond acceptors (Lipinski definition) is 3. The Morgan fingerprint density at radius 3 is 2.67 bits per heavy atom. The number of halogens is 3. The Morgan fingerprint density at radius 1 is 1.44 bits per heavy atom. The summed E-state index contributed by atoms with van der Waals surface area (Å²) < 4.78 is 35.8. The van der Waals surface area contributed by atoms with Gasteiger partial charge in [0, 0.05) is 24.7 Å². The Morgan fingerprint density at radius 2 is 2.11 bits per heavy atom. The lowest BCUT2D eigenvalue weighted by atomic mass is 10.1. The maximum absolute atomic E-state index is 11.9. The standard InChI is InChI=1S/C11H13F3N2O2/c1-8(15-6-5-11(12,13)14)9-3-2-4-10(7-9)16(17)18/h2-4,7-8,15H,5-6H2,1H3. The Bertz CT molecular complexity index is 421. The van der Waals surface area contributed by atoms with Crippen LogP contribution >= 0.6 is 0 Å². The second-order valence-corrected chi connectivity index (χ2v) is 3.89. The van der Waals surface area contributed by atoms with Gasteiger partial charge in [0.1, 0.15) is 0 Å². The summed E-state index contributed by atoms with van der Waals surface area (Å²) in [5, 5.41) is 13.2. The molecule has 0 heterocycles. The number of nitro benzene ring substituents is 1. The van der Waals surface area contributed by atoms with Gasteiger partial charge in [0.2, 0.25) is 0 Å². The molecule has 1 atom stereocenters. The number of alkyl halides is 3. The molecule has 18 heavy (non-hydrogen) atoms. The van der Waals surface area contributed by atoms with E-state index in [1.807, 2.05) is 0 Å². The molecule has 1 aromatic rings. The number of benzene rings is 1. The van der Waals surface area contributed by atoms with Crippen LogP contribution in [0.25, 0.3) is 0 Å². The van der Waals surface area contributed by atoms with Crippen LogP contribution < -0.4 is 5.32 Å². The average Bonchev–Trinajstić information content (AvgIpc) is 2.27. The lowest BCUT2D eigenvalue weighted by Crippen LogP contribution is -2.24. The molecule has 0 saturated heterocycles. The summed E-state index contributed by atoms with van der Waals surface area (Å²) in [4.78, 5) is 10.0. The van der Waals surface area contributed by atoms with E-state index in [1.54, 1.807) is 13.0 Å². The van der Waals surface area contributed by atoms with Crippen molar-refractivity contribution in [3.8, 4) is 0 Å². The second kappa shape index (κ2) is 5.81. The first-order chi connectivity index (χ1) is 8.29. The Labute approximate surface area is 102 Å². The molecule has 0 spiro atoms. The molecule has 100 valence electrons. The maximum atomic E-state index is 11.9. The largest absolute Gasteiger partial charge is 0.390 e. The third-order valence-corrected chi connectivity index (χ3v) is 2.44. The molecule has 0 aliphatic heterocycles. The van der Waals surface area contributed by atoms with E-state index in [4.69, 9.17) is 0 Å². The molecule has 1 N–H and O–H groups in total. The molecule has 1 aromatic carbocycles. The summed E-state index contributed by atoms with van der Waals surface area (Å²) in [6, 6.07) is 5.47. The minimum absolute atomic E-state index is 0.0722. The van der Waals surface area contributed by atoms with E-state index in [0.717, 1.165) is 0 Å². The smallest absolute Gasteiger partial charge is 0.310 e. The highest BCUT2D eigenvalue weighted by atomic mass is 19.4. The van der Waals surface area contributed by atoms with Crippen LogP contribution in [0.1, 0.15) is 24.9 Å². The summed E-state index contributed by atoms with van der Waals surface area (Å²) in [5.74, 6) is 0. The van der Waals surface area contributed by atoms with E-state index in [9.17, 15) is 23.3 Å². The van der Waals surface area contributed by atoms with Crippen LogP contribution in [0.2, 0.25) is 0 Å². The van der Waals surface area contributed by atoms with Gasteiger partial charge in [0.25, 0.3) is 5.69 Å². The molecule has 0 fully saturated rings. The van der Waals surface area contributed by atoms with Crippen molar-refractivity contribution in [3.05, 3.63) is 39.9 Å². The Kier molecular flexibility index (Phi) is 4.66. The fourth-order valence-corrected chi connectivity index (χ4v) is 1.46. The molecule has 0 amide bonds. The van der Waals surface area contributed by atoms with Crippen LogP contribution in [0.15, 0.2) is 24.3 Å². The first-order valence-corrected chi connectivity index (χ1v) is 5.34. The molecule has 0 aliphatic carbocycles. The van der Waals surface area contributed by atoms with Gasteiger partial charge in [-0.1, -0.05) is 12.1 Å². The van der Waals surface area contributed by atoms with Crippen molar-refractivity contribution in [2.75, 3.05) is 6.54 Å². The van der Waals surface area contributed by atoms with Crippen LogP contribution in [-0.4, -0.2) is 17.6 Å². The zero-order valence-corrected chi connectivity index (χ0v) is 9.70. The third kappa shape index (κ3) is 4.70. The van der Waals surface area contributed by atoms with E-state index in [-0.39, 0.29) is 18.3 Å². The normalized spacial score (nSPS) is 13.3. The van der Waals surface area contributed by atoms with Gasteiger partial charge in [0.15, 0.2) is 0 Å².